The van der Waals surface area contributed by atoms with Crippen molar-refractivity contribution in [1.29, 1.82) is 0 Å². The second-order valence-corrected chi connectivity index (χ2v) is 8.76. The Balaban J connectivity index is 0.00000363. The molecule has 0 aliphatic heterocycles. The number of amides is 1. The van der Waals surface area contributed by atoms with E-state index in [4.69, 9.17) is 16.3 Å². The maximum Gasteiger partial charge on any atom is 0.263 e. The molecule has 3 aromatic rings. The van der Waals surface area contributed by atoms with Gasteiger partial charge in [-0.25, -0.2) is 12.1 Å². The van der Waals surface area contributed by atoms with Crippen molar-refractivity contribution in [2.45, 2.75) is 51.7 Å². The summed E-state index contributed by atoms with van der Waals surface area (Å²) in [5, 5.41) is 3.88. The number of halogens is 1. The zero-order valence-electron chi connectivity index (χ0n) is 18.9. The fourth-order valence-corrected chi connectivity index (χ4v) is 3.64. The van der Waals surface area contributed by atoms with E-state index in [0.29, 0.717) is 10.9 Å². The van der Waals surface area contributed by atoms with Gasteiger partial charge in [-0.05, 0) is 57.4 Å². The van der Waals surface area contributed by atoms with Crippen molar-refractivity contribution in [2.24, 2.45) is 0 Å². The van der Waals surface area contributed by atoms with E-state index in [0.717, 1.165) is 12.0 Å². The molecule has 1 N–H and O–H groups in total. The van der Waals surface area contributed by atoms with E-state index in [9.17, 15) is 4.79 Å². The van der Waals surface area contributed by atoms with Gasteiger partial charge in [0.05, 0.1) is 0 Å². The Kier molecular flexibility index (Phi) is 9.88. The number of benzene rings is 2. The number of carbonyl (C=O) groups excluding carboxylic acids is 1. The Morgan fingerprint density at radius 2 is 1.91 bits per heavy atom. The SMILES string of the molecule is Cc1cccc(C(Cc2ccc(Cl)cc2)C(C)NC(=O)C(C)(C)Oc2cc[c-]cn2)c1.[Y]. The summed E-state index contributed by atoms with van der Waals surface area (Å²) in [6.07, 6.45) is 2.30. The van der Waals surface area contributed by atoms with Crippen LogP contribution in [0.25, 0.3) is 0 Å². The van der Waals surface area contributed by atoms with Crippen molar-refractivity contribution in [3.8, 4) is 5.88 Å². The minimum Gasteiger partial charge on any atom is -0.478 e. The summed E-state index contributed by atoms with van der Waals surface area (Å²) >= 11 is 6.06. The van der Waals surface area contributed by atoms with E-state index in [-0.39, 0.29) is 50.6 Å². The van der Waals surface area contributed by atoms with Gasteiger partial charge in [-0.3, -0.25) is 9.78 Å². The summed E-state index contributed by atoms with van der Waals surface area (Å²) in [5.74, 6) is 0.289. The van der Waals surface area contributed by atoms with Crippen LogP contribution in [0.4, 0.5) is 0 Å². The molecule has 0 aliphatic carbocycles. The van der Waals surface area contributed by atoms with Crippen molar-refractivity contribution >= 4 is 17.5 Å². The van der Waals surface area contributed by atoms with Crippen molar-refractivity contribution in [3.63, 3.8) is 0 Å². The number of rotatable bonds is 8. The van der Waals surface area contributed by atoms with Crippen molar-refractivity contribution in [2.75, 3.05) is 0 Å². The smallest absolute Gasteiger partial charge is 0.263 e. The van der Waals surface area contributed by atoms with Gasteiger partial charge in [-0.2, -0.15) is 0 Å². The summed E-state index contributed by atoms with van der Waals surface area (Å²) in [7, 11) is 0. The van der Waals surface area contributed by atoms with Gasteiger partial charge in [-0.15, -0.1) is 6.07 Å². The number of carbonyl (C=O) groups is 1. The van der Waals surface area contributed by atoms with E-state index in [1.165, 1.54) is 17.3 Å². The van der Waals surface area contributed by atoms with Gasteiger partial charge >= 0.3 is 0 Å². The van der Waals surface area contributed by atoms with Crippen molar-refractivity contribution in [1.82, 2.24) is 10.3 Å². The number of hydrogen-bond acceptors (Lipinski definition) is 3. The Morgan fingerprint density at radius 3 is 2.53 bits per heavy atom. The first kappa shape index (κ1) is 26.5. The van der Waals surface area contributed by atoms with E-state index in [1.807, 2.05) is 31.2 Å². The van der Waals surface area contributed by atoms with Crippen LogP contribution in [0.5, 0.6) is 5.88 Å². The minimum atomic E-state index is -1.07. The first-order valence-electron chi connectivity index (χ1n) is 10.4. The Labute approximate surface area is 221 Å². The van der Waals surface area contributed by atoms with Crippen molar-refractivity contribution < 1.29 is 42.2 Å². The fraction of sp³-hybridized carbons (Fsp3) is 0.308. The molecule has 1 heterocycles. The third-order valence-corrected chi connectivity index (χ3v) is 5.55. The number of nitrogens with zero attached hydrogens (tertiary/aromatic N) is 1. The molecule has 0 saturated heterocycles. The zero-order valence-corrected chi connectivity index (χ0v) is 22.5. The Hall–Kier alpha value is -1.75. The number of aromatic nitrogens is 1. The number of aryl methyl sites for hydroxylation is 1. The van der Waals surface area contributed by atoms with Crippen LogP contribution in [0.2, 0.25) is 5.02 Å². The first-order chi connectivity index (χ1) is 14.7. The molecule has 0 aliphatic rings. The molecule has 32 heavy (non-hydrogen) atoms. The molecular formula is C26H28ClN2O2Y-. The third kappa shape index (κ3) is 7.40. The Morgan fingerprint density at radius 1 is 1.19 bits per heavy atom. The third-order valence-electron chi connectivity index (χ3n) is 5.30. The molecule has 2 unspecified atom stereocenters. The summed E-state index contributed by atoms with van der Waals surface area (Å²) in [6.45, 7) is 7.60. The molecule has 2 atom stereocenters. The number of nitrogens with one attached hydrogen (secondary N) is 1. The van der Waals surface area contributed by atoms with Gasteiger partial charge < -0.3 is 10.1 Å². The van der Waals surface area contributed by atoms with Gasteiger partial charge in [0.2, 0.25) is 0 Å². The molecule has 0 fully saturated rings. The zero-order chi connectivity index (χ0) is 22.4. The van der Waals surface area contributed by atoms with Crippen LogP contribution in [0.3, 0.4) is 0 Å². The van der Waals surface area contributed by atoms with Gasteiger partial charge in [0.15, 0.2) is 5.60 Å². The predicted molar refractivity (Wildman–Crippen MR) is 124 cm³/mol. The van der Waals surface area contributed by atoms with Gasteiger partial charge in [0, 0.05) is 49.7 Å². The second-order valence-electron chi connectivity index (χ2n) is 8.32. The average molecular weight is 525 g/mol. The van der Waals surface area contributed by atoms with E-state index in [1.54, 1.807) is 26.0 Å². The number of ether oxygens (including phenoxy) is 1. The molecule has 2 aromatic carbocycles. The maximum absolute atomic E-state index is 13.1. The standard InChI is InChI=1S/C26H28ClN2O2.Y/c1-18-8-7-9-21(16-18)23(17-20-11-13-22(27)14-12-20)19(2)29-25(30)26(3,4)31-24-10-5-6-15-28-24;/h5,7-16,19,23H,17H2,1-4H3,(H,29,30);/q-1;. The molecule has 3 rings (SSSR count). The normalized spacial score (nSPS) is 12.9. The number of hydrogen-bond donors (Lipinski definition) is 1. The molecule has 0 bridgehead atoms. The van der Waals surface area contributed by atoms with Crippen molar-refractivity contribution in [3.05, 3.63) is 94.6 Å². The second kappa shape index (κ2) is 11.9. The molecular weight excluding hydrogens is 497 g/mol. The maximum atomic E-state index is 13.1. The minimum absolute atomic E-state index is 0. The molecule has 1 aromatic heterocycles. The van der Waals surface area contributed by atoms with Gasteiger partial charge in [0.25, 0.3) is 5.91 Å². The summed E-state index contributed by atoms with van der Waals surface area (Å²) in [4.78, 5) is 17.2. The van der Waals surface area contributed by atoms with Crippen LogP contribution in [0.1, 0.15) is 43.4 Å². The molecule has 165 valence electrons. The van der Waals surface area contributed by atoms with Crippen LogP contribution in [0, 0.1) is 13.0 Å². The summed E-state index contributed by atoms with van der Waals surface area (Å²) < 4.78 is 5.84. The number of pyridine rings is 1. The largest absolute Gasteiger partial charge is 0.478 e. The van der Waals surface area contributed by atoms with Crippen LogP contribution in [-0.4, -0.2) is 22.5 Å². The summed E-state index contributed by atoms with van der Waals surface area (Å²) in [5.41, 5.74) is 2.46. The molecule has 6 heteroatoms. The van der Waals surface area contributed by atoms with E-state index in [2.05, 4.69) is 47.6 Å². The first-order valence-corrected chi connectivity index (χ1v) is 10.8. The van der Waals surface area contributed by atoms with Gasteiger partial charge in [0.1, 0.15) is 5.88 Å². The monoisotopic (exact) mass is 524 g/mol. The quantitative estimate of drug-likeness (QED) is 0.394. The van der Waals surface area contributed by atoms with Crippen LogP contribution in [-0.2, 0) is 43.9 Å². The van der Waals surface area contributed by atoms with Crippen LogP contribution < -0.4 is 10.1 Å². The average Bonchev–Trinajstić information content (AvgIpc) is 2.73. The fourth-order valence-electron chi connectivity index (χ4n) is 3.51. The molecule has 4 nitrogen and oxygen atoms in total. The molecule has 1 amide bonds. The topological polar surface area (TPSA) is 51.2 Å². The molecule has 0 spiro atoms. The Bertz CT molecular complexity index is 1010. The van der Waals surface area contributed by atoms with Gasteiger partial charge in [-0.1, -0.05) is 59.8 Å². The van der Waals surface area contributed by atoms with E-state index < -0.39 is 5.60 Å². The summed E-state index contributed by atoms with van der Waals surface area (Å²) in [6, 6.07) is 22.4. The predicted octanol–water partition coefficient (Wildman–Crippen LogP) is 5.53. The van der Waals surface area contributed by atoms with Crippen LogP contribution >= 0.6 is 11.6 Å². The molecule has 1 radical (unpaired) electrons. The molecule has 0 saturated carbocycles. The van der Waals surface area contributed by atoms with E-state index >= 15 is 0 Å². The van der Waals surface area contributed by atoms with Crippen LogP contribution in [0.15, 0.2) is 66.9 Å².